The maximum atomic E-state index is 12.3. The molecule has 0 bridgehead atoms. The molecule has 3 rings (SSSR count). The molecule has 0 aliphatic heterocycles. The number of ether oxygens (including phenoxy) is 1. The molecule has 0 atom stereocenters. The number of hydrogen-bond donors (Lipinski definition) is 2. The van der Waals surface area contributed by atoms with Gasteiger partial charge in [-0.15, -0.1) is 0 Å². The normalized spacial score (nSPS) is 10.1. The van der Waals surface area contributed by atoms with Gasteiger partial charge in [-0.25, -0.2) is 0 Å². The minimum absolute atomic E-state index is 0.192. The van der Waals surface area contributed by atoms with E-state index in [1.54, 1.807) is 60.7 Å². The molecule has 0 aromatic heterocycles. The van der Waals surface area contributed by atoms with E-state index in [1.807, 2.05) is 25.1 Å². The van der Waals surface area contributed by atoms with Gasteiger partial charge in [0.15, 0.2) is 0 Å². The van der Waals surface area contributed by atoms with Crippen molar-refractivity contribution < 1.29 is 14.3 Å². The predicted molar refractivity (Wildman–Crippen MR) is 106 cm³/mol. The molecule has 0 aliphatic carbocycles. The maximum Gasteiger partial charge on any atom is 0.255 e. The van der Waals surface area contributed by atoms with Gasteiger partial charge < -0.3 is 15.4 Å². The van der Waals surface area contributed by atoms with Crippen molar-refractivity contribution in [1.29, 1.82) is 0 Å². The fourth-order valence-corrected chi connectivity index (χ4v) is 2.50. The third kappa shape index (κ3) is 4.95. The molecule has 0 heterocycles. The summed E-state index contributed by atoms with van der Waals surface area (Å²) in [7, 11) is 0. The zero-order valence-corrected chi connectivity index (χ0v) is 14.9. The molecule has 0 saturated heterocycles. The van der Waals surface area contributed by atoms with Crippen molar-refractivity contribution in [2.45, 2.75) is 6.92 Å². The summed E-state index contributed by atoms with van der Waals surface area (Å²) in [4.78, 5) is 24.5. The van der Waals surface area contributed by atoms with E-state index >= 15 is 0 Å². The van der Waals surface area contributed by atoms with Gasteiger partial charge in [-0.1, -0.05) is 18.2 Å². The van der Waals surface area contributed by atoms with E-state index in [2.05, 4.69) is 10.6 Å². The number of carbonyl (C=O) groups excluding carboxylic acids is 2. The molecule has 3 aromatic carbocycles. The Balaban J connectivity index is 1.61. The lowest BCUT2D eigenvalue weighted by molar-refractivity contribution is 0.102. The van der Waals surface area contributed by atoms with Crippen molar-refractivity contribution in [1.82, 2.24) is 0 Å². The molecule has 5 nitrogen and oxygen atoms in total. The zero-order chi connectivity index (χ0) is 19.1. The summed E-state index contributed by atoms with van der Waals surface area (Å²) in [5.41, 5.74) is 2.39. The van der Waals surface area contributed by atoms with Gasteiger partial charge in [-0.3, -0.25) is 9.59 Å². The van der Waals surface area contributed by atoms with Gasteiger partial charge in [-0.2, -0.15) is 0 Å². The summed E-state index contributed by atoms with van der Waals surface area (Å²) in [6, 6.07) is 22.9. The molecule has 2 N–H and O–H groups in total. The molecule has 0 radical (unpaired) electrons. The lowest BCUT2D eigenvalue weighted by Crippen LogP contribution is -2.13. The third-order valence-corrected chi connectivity index (χ3v) is 3.86. The van der Waals surface area contributed by atoms with E-state index < -0.39 is 0 Å². The van der Waals surface area contributed by atoms with Crippen LogP contribution in [0.5, 0.6) is 5.75 Å². The van der Waals surface area contributed by atoms with Crippen LogP contribution in [0.25, 0.3) is 0 Å². The Morgan fingerprint density at radius 2 is 1.19 bits per heavy atom. The van der Waals surface area contributed by atoms with E-state index in [9.17, 15) is 9.59 Å². The van der Waals surface area contributed by atoms with E-state index in [0.717, 1.165) is 5.75 Å². The van der Waals surface area contributed by atoms with E-state index in [4.69, 9.17) is 4.74 Å². The molecule has 5 heteroatoms. The number of benzene rings is 3. The second kappa shape index (κ2) is 8.67. The first-order valence-corrected chi connectivity index (χ1v) is 8.66. The summed E-state index contributed by atoms with van der Waals surface area (Å²) in [6.45, 7) is 2.51. The van der Waals surface area contributed by atoms with Crippen LogP contribution in [-0.2, 0) is 0 Å². The topological polar surface area (TPSA) is 67.4 Å². The summed E-state index contributed by atoms with van der Waals surface area (Å²) in [6.07, 6.45) is 0. The van der Waals surface area contributed by atoms with Crippen LogP contribution in [0.2, 0.25) is 0 Å². The molecule has 136 valence electrons. The largest absolute Gasteiger partial charge is 0.494 e. The Bertz CT molecular complexity index is 905. The van der Waals surface area contributed by atoms with Crippen LogP contribution in [0, 0.1) is 0 Å². The average molecular weight is 360 g/mol. The van der Waals surface area contributed by atoms with E-state index in [1.165, 1.54) is 0 Å². The van der Waals surface area contributed by atoms with Crippen molar-refractivity contribution in [3.63, 3.8) is 0 Å². The molecule has 0 unspecified atom stereocenters. The van der Waals surface area contributed by atoms with Crippen LogP contribution < -0.4 is 15.4 Å². The molecule has 0 fully saturated rings. The standard InChI is InChI=1S/C22H20N2O3/c1-2-27-20-14-12-19(13-15-20)24-22(26)17-8-10-18(11-9-17)23-21(25)16-6-4-3-5-7-16/h3-15H,2H2,1H3,(H,23,25)(H,24,26). The molecule has 0 spiro atoms. The van der Waals surface area contributed by atoms with E-state index in [-0.39, 0.29) is 11.8 Å². The highest BCUT2D eigenvalue weighted by molar-refractivity contribution is 6.06. The first-order chi connectivity index (χ1) is 13.2. The van der Waals surface area contributed by atoms with Gasteiger partial charge >= 0.3 is 0 Å². The monoisotopic (exact) mass is 360 g/mol. The lowest BCUT2D eigenvalue weighted by atomic mass is 10.1. The maximum absolute atomic E-state index is 12.3. The highest BCUT2D eigenvalue weighted by Gasteiger charge is 2.08. The lowest BCUT2D eigenvalue weighted by Gasteiger charge is -2.08. The smallest absolute Gasteiger partial charge is 0.255 e. The summed E-state index contributed by atoms with van der Waals surface area (Å²) < 4.78 is 5.38. The fourth-order valence-electron chi connectivity index (χ4n) is 2.50. The molecule has 2 amide bonds. The summed E-state index contributed by atoms with van der Waals surface area (Å²) in [5.74, 6) is 0.344. The molecule has 3 aromatic rings. The van der Waals surface area contributed by atoms with Gasteiger partial charge in [-0.05, 0) is 67.6 Å². The van der Waals surface area contributed by atoms with Gasteiger partial charge in [0, 0.05) is 22.5 Å². The van der Waals surface area contributed by atoms with Crippen molar-refractivity contribution in [2.24, 2.45) is 0 Å². The molecule has 0 saturated carbocycles. The summed E-state index contributed by atoms with van der Waals surface area (Å²) in [5, 5.41) is 5.64. The SMILES string of the molecule is CCOc1ccc(NC(=O)c2ccc(NC(=O)c3ccccc3)cc2)cc1. The molecule has 27 heavy (non-hydrogen) atoms. The summed E-state index contributed by atoms with van der Waals surface area (Å²) >= 11 is 0. The molecule has 0 aliphatic rings. The first kappa shape index (κ1) is 18.2. The first-order valence-electron chi connectivity index (χ1n) is 8.66. The highest BCUT2D eigenvalue weighted by Crippen LogP contribution is 2.17. The Hall–Kier alpha value is -3.60. The van der Waals surface area contributed by atoms with Crippen LogP contribution >= 0.6 is 0 Å². The Morgan fingerprint density at radius 1 is 0.704 bits per heavy atom. The second-order valence-electron chi connectivity index (χ2n) is 5.81. The van der Waals surface area contributed by atoms with Gasteiger partial charge in [0.1, 0.15) is 5.75 Å². The number of rotatable bonds is 6. The van der Waals surface area contributed by atoms with Crippen LogP contribution in [0.4, 0.5) is 11.4 Å². The Morgan fingerprint density at radius 3 is 1.70 bits per heavy atom. The Labute approximate surface area is 158 Å². The quantitative estimate of drug-likeness (QED) is 0.676. The minimum Gasteiger partial charge on any atom is -0.494 e. The van der Waals surface area contributed by atoms with Crippen molar-refractivity contribution in [3.05, 3.63) is 90.0 Å². The number of amides is 2. The van der Waals surface area contributed by atoms with Crippen LogP contribution in [0.15, 0.2) is 78.9 Å². The van der Waals surface area contributed by atoms with Gasteiger partial charge in [0.05, 0.1) is 6.61 Å². The molecular weight excluding hydrogens is 340 g/mol. The van der Waals surface area contributed by atoms with Crippen molar-refractivity contribution >= 4 is 23.2 Å². The molecular formula is C22H20N2O3. The van der Waals surface area contributed by atoms with E-state index in [0.29, 0.717) is 29.1 Å². The highest BCUT2D eigenvalue weighted by atomic mass is 16.5. The van der Waals surface area contributed by atoms with Crippen LogP contribution in [0.3, 0.4) is 0 Å². The third-order valence-electron chi connectivity index (χ3n) is 3.86. The predicted octanol–water partition coefficient (Wildman–Crippen LogP) is 4.59. The number of hydrogen-bond acceptors (Lipinski definition) is 3. The minimum atomic E-state index is -0.222. The average Bonchev–Trinajstić information content (AvgIpc) is 2.71. The zero-order valence-electron chi connectivity index (χ0n) is 14.9. The van der Waals surface area contributed by atoms with Crippen molar-refractivity contribution in [2.75, 3.05) is 17.2 Å². The van der Waals surface area contributed by atoms with Gasteiger partial charge in [0.25, 0.3) is 11.8 Å². The van der Waals surface area contributed by atoms with Crippen LogP contribution in [0.1, 0.15) is 27.6 Å². The van der Waals surface area contributed by atoms with Gasteiger partial charge in [0.2, 0.25) is 0 Å². The number of nitrogens with one attached hydrogen (secondary N) is 2. The Kier molecular flexibility index (Phi) is 5.84. The number of carbonyl (C=O) groups is 2. The number of anilines is 2. The van der Waals surface area contributed by atoms with Crippen LogP contribution in [-0.4, -0.2) is 18.4 Å². The fraction of sp³-hybridized carbons (Fsp3) is 0.0909. The second-order valence-corrected chi connectivity index (χ2v) is 5.81. The van der Waals surface area contributed by atoms with Crippen molar-refractivity contribution in [3.8, 4) is 5.75 Å².